The maximum atomic E-state index is 10.1. The lowest BCUT2D eigenvalue weighted by atomic mass is 9.87. The molecule has 0 spiro atoms. The van der Waals surface area contributed by atoms with Gasteiger partial charge in [-0.25, -0.2) is 5.84 Å². The lowest BCUT2D eigenvalue weighted by Gasteiger charge is -2.22. The zero-order valence-electron chi connectivity index (χ0n) is 7.46. The number of amides is 1. The van der Waals surface area contributed by atoms with E-state index in [0.29, 0.717) is 6.54 Å². The molecule has 12 heavy (non-hydrogen) atoms. The van der Waals surface area contributed by atoms with Crippen molar-refractivity contribution in [3.8, 4) is 0 Å². The van der Waals surface area contributed by atoms with Gasteiger partial charge < -0.3 is 0 Å². The Morgan fingerprint density at radius 2 is 2.00 bits per heavy atom. The van der Waals surface area contributed by atoms with Gasteiger partial charge >= 0.3 is 6.41 Å². The highest BCUT2D eigenvalue weighted by Crippen LogP contribution is 2.25. The quantitative estimate of drug-likeness (QED) is 0.297. The SMILES string of the molecule is NN([C]=O)CCC1CCCCC1. The first-order valence-electron chi connectivity index (χ1n) is 4.73. The van der Waals surface area contributed by atoms with Gasteiger partial charge in [-0.3, -0.25) is 9.80 Å². The molecule has 1 aliphatic rings. The molecule has 2 N–H and O–H groups in total. The van der Waals surface area contributed by atoms with Crippen molar-refractivity contribution in [1.29, 1.82) is 0 Å². The van der Waals surface area contributed by atoms with E-state index in [-0.39, 0.29) is 0 Å². The van der Waals surface area contributed by atoms with Crippen LogP contribution >= 0.6 is 0 Å². The standard InChI is InChI=1S/C9H17N2O/c10-11(8-12)7-6-9-4-2-1-3-5-9/h9H,1-7,10H2. The molecule has 0 aromatic rings. The van der Waals surface area contributed by atoms with Gasteiger partial charge in [0.2, 0.25) is 0 Å². The van der Waals surface area contributed by atoms with Crippen molar-refractivity contribution in [2.75, 3.05) is 6.54 Å². The van der Waals surface area contributed by atoms with Gasteiger partial charge in [0.25, 0.3) is 0 Å². The fourth-order valence-corrected chi connectivity index (χ4v) is 1.84. The van der Waals surface area contributed by atoms with E-state index in [4.69, 9.17) is 5.84 Å². The number of nitrogens with zero attached hydrogens (tertiary/aromatic N) is 1. The average molecular weight is 169 g/mol. The van der Waals surface area contributed by atoms with E-state index >= 15 is 0 Å². The summed E-state index contributed by atoms with van der Waals surface area (Å²) < 4.78 is 0. The second-order valence-electron chi connectivity index (χ2n) is 3.58. The van der Waals surface area contributed by atoms with Crippen molar-refractivity contribution in [3.63, 3.8) is 0 Å². The van der Waals surface area contributed by atoms with E-state index in [1.165, 1.54) is 32.1 Å². The molecule has 1 fully saturated rings. The van der Waals surface area contributed by atoms with Crippen LogP contribution in [0.15, 0.2) is 0 Å². The highest BCUT2D eigenvalue weighted by molar-refractivity contribution is 5.46. The number of hydrogen-bond donors (Lipinski definition) is 1. The summed E-state index contributed by atoms with van der Waals surface area (Å²) in [4.78, 5) is 10.1. The van der Waals surface area contributed by atoms with Crippen LogP contribution < -0.4 is 5.84 Å². The van der Waals surface area contributed by atoms with Gasteiger partial charge in [-0.1, -0.05) is 32.1 Å². The van der Waals surface area contributed by atoms with Crippen molar-refractivity contribution < 1.29 is 4.79 Å². The van der Waals surface area contributed by atoms with E-state index in [0.717, 1.165) is 17.3 Å². The minimum absolute atomic E-state index is 0.661. The molecule has 1 rings (SSSR count). The fraction of sp³-hybridized carbons (Fsp3) is 0.889. The molecular weight excluding hydrogens is 152 g/mol. The molecule has 1 amide bonds. The Morgan fingerprint density at radius 1 is 1.33 bits per heavy atom. The van der Waals surface area contributed by atoms with E-state index in [1.54, 1.807) is 6.41 Å². The second-order valence-corrected chi connectivity index (χ2v) is 3.58. The van der Waals surface area contributed by atoms with Crippen LogP contribution in [0.5, 0.6) is 0 Å². The van der Waals surface area contributed by atoms with E-state index in [1.807, 2.05) is 0 Å². The first-order chi connectivity index (χ1) is 5.83. The van der Waals surface area contributed by atoms with Crippen LogP contribution in [0.4, 0.5) is 0 Å². The zero-order valence-corrected chi connectivity index (χ0v) is 7.46. The zero-order chi connectivity index (χ0) is 8.81. The lowest BCUT2D eigenvalue weighted by Crippen LogP contribution is -2.31. The fourth-order valence-electron chi connectivity index (χ4n) is 1.84. The third-order valence-corrected chi connectivity index (χ3v) is 2.62. The van der Waals surface area contributed by atoms with Gasteiger partial charge in [-0.2, -0.15) is 0 Å². The van der Waals surface area contributed by atoms with Crippen LogP contribution in [0.2, 0.25) is 0 Å². The van der Waals surface area contributed by atoms with Crippen molar-refractivity contribution >= 4 is 6.41 Å². The first-order valence-corrected chi connectivity index (χ1v) is 4.73. The normalized spacial score (nSPS) is 19.1. The summed E-state index contributed by atoms with van der Waals surface area (Å²) >= 11 is 0. The molecular formula is C9H17N2O. The molecule has 0 heterocycles. The molecule has 3 nitrogen and oxygen atoms in total. The van der Waals surface area contributed by atoms with Crippen LogP contribution in [0.3, 0.4) is 0 Å². The van der Waals surface area contributed by atoms with Crippen LogP contribution in [0.1, 0.15) is 38.5 Å². The number of carbonyl (C=O) groups excluding carboxylic acids is 1. The van der Waals surface area contributed by atoms with Crippen LogP contribution in [0, 0.1) is 5.92 Å². The van der Waals surface area contributed by atoms with Gasteiger partial charge in [0.05, 0.1) is 0 Å². The summed E-state index contributed by atoms with van der Waals surface area (Å²) in [6, 6.07) is 0. The molecule has 0 atom stereocenters. The summed E-state index contributed by atoms with van der Waals surface area (Å²) in [5.74, 6) is 6.09. The van der Waals surface area contributed by atoms with E-state index in [2.05, 4.69) is 0 Å². The predicted molar refractivity (Wildman–Crippen MR) is 47.8 cm³/mol. The van der Waals surface area contributed by atoms with E-state index in [9.17, 15) is 4.79 Å². The highest BCUT2D eigenvalue weighted by atomic mass is 16.1. The minimum Gasteiger partial charge on any atom is -0.272 e. The van der Waals surface area contributed by atoms with Crippen LogP contribution in [-0.4, -0.2) is 18.0 Å². The van der Waals surface area contributed by atoms with Gasteiger partial charge in [0, 0.05) is 6.54 Å². The Bertz CT molecular complexity index is 132. The molecule has 1 radical (unpaired) electrons. The molecule has 3 heteroatoms. The van der Waals surface area contributed by atoms with Gasteiger partial charge in [-0.15, -0.1) is 0 Å². The molecule has 0 aromatic carbocycles. The third-order valence-electron chi connectivity index (χ3n) is 2.62. The molecule has 69 valence electrons. The molecule has 0 bridgehead atoms. The minimum atomic E-state index is 0.661. The number of hydrogen-bond acceptors (Lipinski definition) is 2. The Kier molecular flexibility index (Phi) is 4.08. The maximum Gasteiger partial charge on any atom is 0.327 e. The molecule has 0 aromatic heterocycles. The van der Waals surface area contributed by atoms with Gasteiger partial charge in [0.15, 0.2) is 0 Å². The van der Waals surface area contributed by atoms with Crippen molar-refractivity contribution in [2.24, 2.45) is 11.8 Å². The Morgan fingerprint density at radius 3 is 2.58 bits per heavy atom. The Labute approximate surface area is 73.9 Å². The number of rotatable bonds is 4. The van der Waals surface area contributed by atoms with E-state index < -0.39 is 0 Å². The molecule has 0 unspecified atom stereocenters. The van der Waals surface area contributed by atoms with Crippen molar-refractivity contribution in [1.82, 2.24) is 5.01 Å². The third kappa shape index (κ3) is 3.22. The van der Waals surface area contributed by atoms with Gasteiger partial charge in [-0.05, 0) is 12.3 Å². The predicted octanol–water partition coefficient (Wildman–Crippen LogP) is 1.20. The monoisotopic (exact) mass is 169 g/mol. The Hall–Kier alpha value is -0.570. The second kappa shape index (κ2) is 5.14. The topological polar surface area (TPSA) is 46.3 Å². The van der Waals surface area contributed by atoms with Crippen molar-refractivity contribution in [3.05, 3.63) is 0 Å². The highest BCUT2D eigenvalue weighted by Gasteiger charge is 2.13. The first kappa shape index (κ1) is 9.52. The molecule has 0 aliphatic heterocycles. The summed E-state index contributed by atoms with van der Waals surface area (Å²) in [5, 5.41) is 1.12. The van der Waals surface area contributed by atoms with Crippen LogP contribution in [-0.2, 0) is 4.79 Å². The van der Waals surface area contributed by atoms with Crippen molar-refractivity contribution in [2.45, 2.75) is 38.5 Å². The van der Waals surface area contributed by atoms with Crippen LogP contribution in [0.25, 0.3) is 0 Å². The average Bonchev–Trinajstić information content (AvgIpc) is 2.16. The summed E-state index contributed by atoms with van der Waals surface area (Å²) in [6.45, 7) is 0.661. The van der Waals surface area contributed by atoms with Gasteiger partial charge in [0.1, 0.15) is 0 Å². The Balaban J connectivity index is 2.08. The summed E-state index contributed by atoms with van der Waals surface area (Å²) in [7, 11) is 0. The number of hydrazine groups is 1. The molecule has 1 saturated carbocycles. The maximum absolute atomic E-state index is 10.1. The lowest BCUT2D eigenvalue weighted by molar-refractivity contribution is 0.293. The summed E-state index contributed by atoms with van der Waals surface area (Å²) in [6.07, 6.45) is 9.41. The smallest absolute Gasteiger partial charge is 0.272 e. The largest absolute Gasteiger partial charge is 0.327 e. The molecule has 1 aliphatic carbocycles. The summed E-state index contributed by atoms with van der Waals surface area (Å²) in [5.41, 5.74) is 0. The molecule has 0 saturated heterocycles. The number of nitrogens with two attached hydrogens (primary N) is 1.